The van der Waals surface area contributed by atoms with E-state index in [4.69, 9.17) is 4.74 Å². The lowest BCUT2D eigenvalue weighted by atomic mass is 10.2. The van der Waals surface area contributed by atoms with Crippen molar-refractivity contribution < 1.29 is 27.5 Å². The van der Waals surface area contributed by atoms with Gasteiger partial charge in [0.2, 0.25) is 5.91 Å². The summed E-state index contributed by atoms with van der Waals surface area (Å²) in [4.78, 5) is 28.5. The molecule has 3 rings (SSSR count). The van der Waals surface area contributed by atoms with Crippen LogP contribution in [0.2, 0.25) is 0 Å². The maximum atomic E-state index is 12.8. The maximum Gasteiger partial charge on any atom is 0.416 e. The second-order valence-corrected chi connectivity index (χ2v) is 6.99. The molecule has 0 aliphatic carbocycles. The van der Waals surface area contributed by atoms with E-state index in [0.29, 0.717) is 22.1 Å². The molecule has 0 fully saturated rings. The average Bonchev–Trinajstić information content (AvgIpc) is 3.14. The quantitative estimate of drug-likeness (QED) is 0.593. The molecule has 0 aliphatic heterocycles. The van der Waals surface area contributed by atoms with Crippen LogP contribution in [-0.4, -0.2) is 23.9 Å². The van der Waals surface area contributed by atoms with Crippen molar-refractivity contribution in [3.8, 4) is 5.75 Å². The van der Waals surface area contributed by atoms with Gasteiger partial charge in [-0.05, 0) is 42.5 Å². The summed E-state index contributed by atoms with van der Waals surface area (Å²) < 4.78 is 43.3. The molecule has 156 valence electrons. The van der Waals surface area contributed by atoms with Gasteiger partial charge in [-0.3, -0.25) is 14.9 Å². The summed E-state index contributed by atoms with van der Waals surface area (Å²) in [6.07, 6.45) is -4.64. The SMILES string of the molecule is COc1ccc(C(=O)Nc2nc(CC(=O)Nc3cccc(C(F)(F)F)c3)cs2)cc1. The molecular weight excluding hydrogens is 419 g/mol. The Hall–Kier alpha value is -3.40. The largest absolute Gasteiger partial charge is 0.497 e. The average molecular weight is 435 g/mol. The summed E-state index contributed by atoms with van der Waals surface area (Å²) in [5, 5.41) is 6.95. The highest BCUT2D eigenvalue weighted by molar-refractivity contribution is 7.14. The van der Waals surface area contributed by atoms with Gasteiger partial charge in [0.25, 0.3) is 5.91 Å². The van der Waals surface area contributed by atoms with Crippen LogP contribution in [0, 0.1) is 0 Å². The van der Waals surface area contributed by atoms with E-state index in [1.54, 1.807) is 29.6 Å². The highest BCUT2D eigenvalue weighted by atomic mass is 32.1. The van der Waals surface area contributed by atoms with Crippen molar-refractivity contribution in [3.05, 3.63) is 70.7 Å². The minimum atomic E-state index is -4.49. The van der Waals surface area contributed by atoms with Gasteiger partial charge in [-0.25, -0.2) is 4.98 Å². The Labute approximate surface area is 173 Å². The Kier molecular flexibility index (Phi) is 6.36. The van der Waals surface area contributed by atoms with Gasteiger partial charge < -0.3 is 10.1 Å². The normalized spacial score (nSPS) is 11.1. The van der Waals surface area contributed by atoms with E-state index in [-0.39, 0.29) is 18.0 Å². The molecule has 6 nitrogen and oxygen atoms in total. The highest BCUT2D eigenvalue weighted by Crippen LogP contribution is 2.30. The fraction of sp³-hybridized carbons (Fsp3) is 0.150. The number of hydrogen-bond donors (Lipinski definition) is 2. The molecule has 0 saturated heterocycles. The first-order valence-electron chi connectivity index (χ1n) is 8.61. The molecule has 0 radical (unpaired) electrons. The summed E-state index contributed by atoms with van der Waals surface area (Å²) in [7, 11) is 1.52. The van der Waals surface area contributed by atoms with Crippen LogP contribution in [0.15, 0.2) is 53.9 Å². The van der Waals surface area contributed by atoms with Crippen LogP contribution in [0.3, 0.4) is 0 Å². The number of benzene rings is 2. The summed E-state index contributed by atoms with van der Waals surface area (Å²) >= 11 is 1.14. The van der Waals surface area contributed by atoms with Gasteiger partial charge in [0, 0.05) is 16.6 Å². The number of methoxy groups -OCH3 is 1. The zero-order chi connectivity index (χ0) is 21.7. The Bertz CT molecular complexity index is 1050. The number of ether oxygens (including phenoxy) is 1. The second kappa shape index (κ2) is 8.95. The standard InChI is InChI=1S/C20H16F3N3O3S/c1-29-16-7-5-12(6-8-16)18(28)26-19-25-15(11-30-19)10-17(27)24-14-4-2-3-13(9-14)20(21,22)23/h2-9,11H,10H2,1H3,(H,24,27)(H,25,26,28). The zero-order valence-corrected chi connectivity index (χ0v) is 16.4. The van der Waals surface area contributed by atoms with Crippen molar-refractivity contribution in [1.29, 1.82) is 0 Å². The number of hydrogen-bond acceptors (Lipinski definition) is 5. The molecule has 2 N–H and O–H groups in total. The van der Waals surface area contributed by atoms with E-state index >= 15 is 0 Å². The lowest BCUT2D eigenvalue weighted by Gasteiger charge is -2.09. The summed E-state index contributed by atoms with van der Waals surface area (Å²) in [6, 6.07) is 10.9. The van der Waals surface area contributed by atoms with E-state index in [2.05, 4.69) is 15.6 Å². The first-order chi connectivity index (χ1) is 14.2. The first kappa shape index (κ1) is 21.3. The number of rotatable bonds is 6. The summed E-state index contributed by atoms with van der Waals surface area (Å²) in [5.74, 6) is -0.269. The van der Waals surface area contributed by atoms with E-state index in [1.165, 1.54) is 19.2 Å². The molecule has 10 heteroatoms. The van der Waals surface area contributed by atoms with Gasteiger partial charge in [-0.2, -0.15) is 13.2 Å². The monoisotopic (exact) mass is 435 g/mol. The molecule has 30 heavy (non-hydrogen) atoms. The van der Waals surface area contributed by atoms with E-state index < -0.39 is 17.6 Å². The van der Waals surface area contributed by atoms with E-state index in [1.807, 2.05) is 0 Å². The molecule has 0 spiro atoms. The number of carbonyl (C=O) groups is 2. The fourth-order valence-corrected chi connectivity index (χ4v) is 3.21. The van der Waals surface area contributed by atoms with Crippen LogP contribution < -0.4 is 15.4 Å². The van der Waals surface area contributed by atoms with Gasteiger partial charge in [0.05, 0.1) is 24.8 Å². The van der Waals surface area contributed by atoms with Crippen molar-refractivity contribution >= 4 is 34.0 Å². The van der Waals surface area contributed by atoms with Crippen LogP contribution in [0.4, 0.5) is 24.0 Å². The van der Waals surface area contributed by atoms with Crippen LogP contribution in [0.1, 0.15) is 21.6 Å². The Balaban J connectivity index is 1.58. The third-order valence-corrected chi connectivity index (χ3v) is 4.75. The Morgan fingerprint density at radius 2 is 1.83 bits per heavy atom. The smallest absolute Gasteiger partial charge is 0.416 e. The van der Waals surface area contributed by atoms with Crippen molar-refractivity contribution in [2.24, 2.45) is 0 Å². The fourth-order valence-electron chi connectivity index (χ4n) is 2.50. The number of nitrogens with one attached hydrogen (secondary N) is 2. The predicted molar refractivity (Wildman–Crippen MR) is 107 cm³/mol. The first-order valence-corrected chi connectivity index (χ1v) is 9.49. The number of carbonyl (C=O) groups excluding carboxylic acids is 2. The summed E-state index contributed by atoms with van der Waals surface area (Å²) in [5.41, 5.74) is -0.0140. The van der Waals surface area contributed by atoms with Crippen molar-refractivity contribution in [3.63, 3.8) is 0 Å². The Morgan fingerprint density at radius 1 is 1.10 bits per heavy atom. The molecule has 0 saturated carbocycles. The van der Waals surface area contributed by atoms with E-state index in [9.17, 15) is 22.8 Å². The number of alkyl halides is 3. The number of amides is 2. The molecule has 3 aromatic rings. The number of halogens is 3. The van der Waals surface area contributed by atoms with E-state index in [0.717, 1.165) is 23.5 Å². The lowest BCUT2D eigenvalue weighted by Crippen LogP contribution is -2.16. The van der Waals surface area contributed by atoms with Crippen LogP contribution >= 0.6 is 11.3 Å². The zero-order valence-electron chi connectivity index (χ0n) is 15.6. The van der Waals surface area contributed by atoms with Gasteiger partial charge >= 0.3 is 6.18 Å². The van der Waals surface area contributed by atoms with Gasteiger partial charge in [0.15, 0.2) is 5.13 Å². The van der Waals surface area contributed by atoms with Crippen LogP contribution in [0.5, 0.6) is 5.75 Å². The lowest BCUT2D eigenvalue weighted by molar-refractivity contribution is -0.137. The third-order valence-electron chi connectivity index (χ3n) is 3.94. The molecule has 0 bridgehead atoms. The molecule has 2 aromatic carbocycles. The number of anilines is 2. The molecule has 0 unspecified atom stereocenters. The molecular formula is C20H16F3N3O3S. The van der Waals surface area contributed by atoms with Gasteiger partial charge in [0.1, 0.15) is 5.75 Å². The molecule has 0 atom stereocenters. The number of aromatic nitrogens is 1. The van der Waals surface area contributed by atoms with Gasteiger partial charge in [-0.1, -0.05) is 6.07 Å². The van der Waals surface area contributed by atoms with Crippen molar-refractivity contribution in [2.75, 3.05) is 17.7 Å². The third kappa shape index (κ3) is 5.57. The molecule has 1 aromatic heterocycles. The number of thiazole rings is 1. The van der Waals surface area contributed by atoms with Crippen molar-refractivity contribution in [2.45, 2.75) is 12.6 Å². The molecule has 0 aliphatic rings. The molecule has 2 amide bonds. The van der Waals surface area contributed by atoms with Crippen LogP contribution in [0.25, 0.3) is 0 Å². The summed E-state index contributed by atoms with van der Waals surface area (Å²) in [6.45, 7) is 0. The molecule has 1 heterocycles. The Morgan fingerprint density at radius 3 is 2.50 bits per heavy atom. The van der Waals surface area contributed by atoms with Crippen molar-refractivity contribution in [1.82, 2.24) is 4.98 Å². The second-order valence-electron chi connectivity index (χ2n) is 6.13. The maximum absolute atomic E-state index is 12.8. The topological polar surface area (TPSA) is 80.3 Å². The predicted octanol–water partition coefficient (Wildman–Crippen LogP) is 4.60. The van der Waals surface area contributed by atoms with Crippen LogP contribution in [-0.2, 0) is 17.4 Å². The minimum Gasteiger partial charge on any atom is -0.497 e. The number of nitrogens with zero attached hydrogens (tertiary/aromatic N) is 1. The van der Waals surface area contributed by atoms with Gasteiger partial charge in [-0.15, -0.1) is 11.3 Å². The minimum absolute atomic E-state index is 0.0399. The highest BCUT2D eigenvalue weighted by Gasteiger charge is 2.30.